The van der Waals surface area contributed by atoms with Gasteiger partial charge in [-0.1, -0.05) is 60.8 Å². The Labute approximate surface area is 176 Å². The number of nitrogens with zero attached hydrogens (tertiary/aromatic N) is 1. The number of hydrogen-bond donors (Lipinski definition) is 0. The number of aromatic nitrogens is 1. The molecule has 154 valence electrons. The van der Waals surface area contributed by atoms with Crippen molar-refractivity contribution < 1.29 is 0 Å². The van der Waals surface area contributed by atoms with E-state index in [1.165, 1.54) is 66.9 Å². The third kappa shape index (κ3) is 2.80. The molecule has 0 bridgehead atoms. The second-order valence-corrected chi connectivity index (χ2v) is 11.2. The van der Waals surface area contributed by atoms with E-state index in [0.717, 1.165) is 5.92 Å². The van der Waals surface area contributed by atoms with Crippen molar-refractivity contribution in [3.05, 3.63) is 46.5 Å². The van der Waals surface area contributed by atoms with E-state index in [-0.39, 0.29) is 0 Å². The second-order valence-electron chi connectivity index (χ2n) is 11.2. The molecule has 1 heteroatoms. The lowest BCUT2D eigenvalue weighted by Crippen LogP contribution is -2.32. The second kappa shape index (κ2) is 6.37. The number of hydrogen-bond acceptors (Lipinski definition) is 0. The van der Waals surface area contributed by atoms with E-state index in [1.807, 2.05) is 0 Å². The minimum absolute atomic E-state index is 0.337. The van der Waals surface area contributed by atoms with Crippen molar-refractivity contribution in [3.63, 3.8) is 0 Å². The van der Waals surface area contributed by atoms with Crippen LogP contribution in [0.1, 0.15) is 89.5 Å². The zero-order valence-electron chi connectivity index (χ0n) is 19.3. The maximum absolute atomic E-state index is 2.69. The molecule has 0 aliphatic heterocycles. The summed E-state index contributed by atoms with van der Waals surface area (Å²) < 4.78 is 2.69. The standard InChI is InChI=1S/C28H37N/c1-7-9-10-18(8-2)17-29-25-11-19-15-27(3,4)23(19)13-21(25)22-14-24-20(12-26(22)29)16-28(24,5)6/h11-14,18H,7-10,15-17H2,1-6H3. The number of fused-ring (bicyclic) bond motifs is 5. The van der Waals surface area contributed by atoms with Gasteiger partial charge in [0.15, 0.2) is 0 Å². The van der Waals surface area contributed by atoms with Gasteiger partial charge in [0, 0.05) is 28.4 Å². The first-order valence-corrected chi connectivity index (χ1v) is 11.9. The van der Waals surface area contributed by atoms with E-state index in [9.17, 15) is 0 Å². The molecule has 0 spiro atoms. The van der Waals surface area contributed by atoms with Gasteiger partial charge in [-0.3, -0.25) is 0 Å². The molecule has 1 nitrogen and oxygen atoms in total. The van der Waals surface area contributed by atoms with Gasteiger partial charge in [0.1, 0.15) is 0 Å². The maximum atomic E-state index is 2.69. The summed E-state index contributed by atoms with van der Waals surface area (Å²) in [6.07, 6.45) is 7.71. The minimum atomic E-state index is 0.337. The highest BCUT2D eigenvalue weighted by Gasteiger charge is 2.37. The van der Waals surface area contributed by atoms with Crippen molar-refractivity contribution >= 4 is 21.8 Å². The lowest BCUT2D eigenvalue weighted by atomic mass is 9.65. The van der Waals surface area contributed by atoms with Crippen molar-refractivity contribution in [3.8, 4) is 0 Å². The van der Waals surface area contributed by atoms with Crippen LogP contribution in [0.15, 0.2) is 24.3 Å². The number of benzene rings is 2. The smallest absolute Gasteiger partial charge is 0.0494 e. The Morgan fingerprint density at radius 2 is 1.34 bits per heavy atom. The summed E-state index contributed by atoms with van der Waals surface area (Å²) in [5.74, 6) is 0.777. The van der Waals surface area contributed by atoms with Crippen LogP contribution in [0.4, 0.5) is 0 Å². The SMILES string of the molecule is CCCCC(CC)Cn1c2cc3c(cc2c2cc4c(cc21)CC4(C)C)C(C)(C)C3. The van der Waals surface area contributed by atoms with Crippen LogP contribution in [0.2, 0.25) is 0 Å². The molecule has 0 radical (unpaired) electrons. The van der Waals surface area contributed by atoms with Crippen LogP contribution in [0, 0.1) is 5.92 Å². The molecule has 5 rings (SSSR count). The van der Waals surface area contributed by atoms with Crippen molar-refractivity contribution in [2.24, 2.45) is 5.92 Å². The van der Waals surface area contributed by atoms with Crippen LogP contribution < -0.4 is 0 Å². The van der Waals surface area contributed by atoms with E-state index in [4.69, 9.17) is 0 Å². The molecule has 0 saturated carbocycles. The topological polar surface area (TPSA) is 4.93 Å². The van der Waals surface area contributed by atoms with Gasteiger partial charge in [-0.2, -0.15) is 0 Å². The van der Waals surface area contributed by atoms with Crippen LogP contribution in [0.25, 0.3) is 21.8 Å². The normalized spacial score (nSPS) is 19.5. The van der Waals surface area contributed by atoms with Crippen LogP contribution in [-0.2, 0) is 30.2 Å². The average Bonchev–Trinajstić information content (AvgIpc) is 2.94. The zero-order valence-corrected chi connectivity index (χ0v) is 19.3. The molecule has 2 aliphatic rings. The van der Waals surface area contributed by atoms with Gasteiger partial charge >= 0.3 is 0 Å². The maximum Gasteiger partial charge on any atom is 0.0494 e. The summed E-state index contributed by atoms with van der Waals surface area (Å²) in [6.45, 7) is 15.4. The van der Waals surface area contributed by atoms with Crippen molar-refractivity contribution in [2.75, 3.05) is 0 Å². The van der Waals surface area contributed by atoms with Crippen LogP contribution in [-0.4, -0.2) is 4.57 Å². The predicted molar refractivity (Wildman–Crippen MR) is 126 cm³/mol. The zero-order chi connectivity index (χ0) is 20.6. The van der Waals surface area contributed by atoms with E-state index < -0.39 is 0 Å². The van der Waals surface area contributed by atoms with Crippen LogP contribution in [0.3, 0.4) is 0 Å². The third-order valence-electron chi connectivity index (χ3n) is 8.02. The Morgan fingerprint density at radius 1 is 0.828 bits per heavy atom. The summed E-state index contributed by atoms with van der Waals surface area (Å²) in [5.41, 5.74) is 9.92. The molecule has 29 heavy (non-hydrogen) atoms. The van der Waals surface area contributed by atoms with Crippen molar-refractivity contribution in [1.82, 2.24) is 4.57 Å². The molecule has 1 aromatic heterocycles. The molecular formula is C28H37N. The molecular weight excluding hydrogens is 350 g/mol. The van der Waals surface area contributed by atoms with Gasteiger partial charge in [-0.25, -0.2) is 0 Å². The first-order valence-electron chi connectivity index (χ1n) is 11.9. The Hall–Kier alpha value is -1.76. The lowest BCUT2D eigenvalue weighted by molar-refractivity contribution is 0.400. The van der Waals surface area contributed by atoms with Gasteiger partial charge in [0.25, 0.3) is 0 Å². The molecule has 1 heterocycles. The lowest BCUT2D eigenvalue weighted by Gasteiger charge is -2.38. The van der Waals surface area contributed by atoms with Gasteiger partial charge in [0.05, 0.1) is 0 Å². The number of rotatable bonds is 6. The Bertz CT molecular complexity index is 1030. The number of unbranched alkanes of at least 4 members (excludes halogenated alkanes) is 1. The van der Waals surface area contributed by atoms with E-state index in [2.05, 4.69) is 70.4 Å². The predicted octanol–water partition coefficient (Wildman–Crippen LogP) is 7.68. The Kier molecular flexibility index (Phi) is 4.22. The van der Waals surface area contributed by atoms with Gasteiger partial charge in [-0.15, -0.1) is 0 Å². The van der Waals surface area contributed by atoms with Crippen LogP contribution >= 0.6 is 0 Å². The third-order valence-corrected chi connectivity index (χ3v) is 8.02. The summed E-state index contributed by atoms with van der Waals surface area (Å²) in [4.78, 5) is 0. The molecule has 0 amide bonds. The van der Waals surface area contributed by atoms with Crippen molar-refractivity contribution in [1.29, 1.82) is 0 Å². The highest BCUT2D eigenvalue weighted by molar-refractivity contribution is 6.09. The molecule has 1 atom stereocenters. The molecule has 2 aromatic carbocycles. The fourth-order valence-electron chi connectivity index (χ4n) is 6.12. The molecule has 3 aromatic rings. The highest BCUT2D eigenvalue weighted by Crippen LogP contribution is 2.47. The Morgan fingerprint density at radius 3 is 1.76 bits per heavy atom. The van der Waals surface area contributed by atoms with Crippen LogP contribution in [0.5, 0.6) is 0 Å². The van der Waals surface area contributed by atoms with Crippen molar-refractivity contribution in [2.45, 2.75) is 97.4 Å². The average molecular weight is 388 g/mol. The molecule has 0 saturated heterocycles. The molecule has 2 aliphatic carbocycles. The summed E-state index contributed by atoms with van der Waals surface area (Å²) >= 11 is 0. The summed E-state index contributed by atoms with van der Waals surface area (Å²) in [6, 6.07) is 10.1. The first kappa shape index (κ1) is 19.2. The fourth-order valence-corrected chi connectivity index (χ4v) is 6.12. The van der Waals surface area contributed by atoms with E-state index in [1.54, 1.807) is 22.3 Å². The van der Waals surface area contributed by atoms with Gasteiger partial charge in [-0.05, 0) is 82.5 Å². The molecule has 0 fully saturated rings. The minimum Gasteiger partial charge on any atom is -0.340 e. The van der Waals surface area contributed by atoms with E-state index in [0.29, 0.717) is 10.8 Å². The van der Waals surface area contributed by atoms with E-state index >= 15 is 0 Å². The monoisotopic (exact) mass is 387 g/mol. The largest absolute Gasteiger partial charge is 0.340 e. The van der Waals surface area contributed by atoms with Gasteiger partial charge < -0.3 is 4.57 Å². The molecule has 0 N–H and O–H groups in total. The summed E-state index contributed by atoms with van der Waals surface area (Å²) in [5, 5.41) is 2.98. The quantitative estimate of drug-likeness (QED) is 0.409. The highest BCUT2D eigenvalue weighted by atomic mass is 15.0. The fraction of sp³-hybridized carbons (Fsp3) is 0.571. The molecule has 1 unspecified atom stereocenters. The van der Waals surface area contributed by atoms with Gasteiger partial charge in [0.2, 0.25) is 0 Å². The Balaban J connectivity index is 1.72. The summed E-state index contributed by atoms with van der Waals surface area (Å²) in [7, 11) is 0. The first-order chi connectivity index (χ1) is 13.7.